The van der Waals surface area contributed by atoms with Gasteiger partial charge in [-0.15, -0.1) is 0 Å². The van der Waals surface area contributed by atoms with Gasteiger partial charge in [0.1, 0.15) is 11.8 Å². The van der Waals surface area contributed by atoms with Gasteiger partial charge in [0.15, 0.2) is 0 Å². The van der Waals surface area contributed by atoms with E-state index >= 15 is 0 Å². The van der Waals surface area contributed by atoms with E-state index in [4.69, 9.17) is 16.9 Å². The predicted molar refractivity (Wildman–Crippen MR) is 59.2 cm³/mol. The molecule has 0 saturated carbocycles. The second-order valence-corrected chi connectivity index (χ2v) is 4.05. The molecule has 0 aliphatic heterocycles. The van der Waals surface area contributed by atoms with E-state index in [-0.39, 0.29) is 0 Å². The zero-order valence-corrected chi connectivity index (χ0v) is 9.30. The molecule has 1 heterocycles. The van der Waals surface area contributed by atoms with Crippen molar-refractivity contribution in [2.75, 3.05) is 0 Å². The largest absolute Gasteiger partial charge is 0.244 e. The quantitative estimate of drug-likeness (QED) is 0.732. The van der Waals surface area contributed by atoms with Crippen LogP contribution in [0.2, 0.25) is 5.02 Å². The van der Waals surface area contributed by atoms with E-state index in [1.54, 1.807) is 18.3 Å². The van der Waals surface area contributed by atoms with Crippen LogP contribution in [0.1, 0.15) is 5.69 Å². The highest BCUT2D eigenvalue weighted by molar-refractivity contribution is 9.10. The van der Waals surface area contributed by atoms with Crippen LogP contribution in [0.5, 0.6) is 0 Å². The number of aromatic nitrogens is 1. The highest BCUT2D eigenvalue weighted by Gasteiger charge is 2.05. The molecule has 1 aromatic heterocycles. The lowest BCUT2D eigenvalue weighted by Crippen LogP contribution is -1.85. The minimum atomic E-state index is 0.417. The molecule has 0 N–H and O–H groups in total. The number of fused-ring (bicyclic) bond motifs is 1. The molecule has 0 unspecified atom stereocenters. The Hall–Kier alpha value is -1.11. The number of nitriles is 1. The maximum atomic E-state index is 8.84. The van der Waals surface area contributed by atoms with E-state index in [0.717, 1.165) is 15.2 Å². The average Bonchev–Trinajstić information content (AvgIpc) is 2.19. The van der Waals surface area contributed by atoms with Crippen LogP contribution >= 0.6 is 27.5 Å². The van der Waals surface area contributed by atoms with Gasteiger partial charge < -0.3 is 0 Å². The summed E-state index contributed by atoms with van der Waals surface area (Å²) in [5, 5.41) is 11.2. The van der Waals surface area contributed by atoms with Crippen LogP contribution in [0.15, 0.2) is 28.9 Å². The van der Waals surface area contributed by atoms with E-state index in [1.165, 1.54) is 0 Å². The Labute approximate surface area is 94.3 Å². The second kappa shape index (κ2) is 3.56. The summed E-state index contributed by atoms with van der Waals surface area (Å²) < 4.78 is 0.842. The fraction of sp³-hybridized carbons (Fsp3) is 0. The van der Waals surface area contributed by atoms with Crippen LogP contribution < -0.4 is 0 Å². The van der Waals surface area contributed by atoms with Gasteiger partial charge in [-0.2, -0.15) is 5.26 Å². The van der Waals surface area contributed by atoms with Gasteiger partial charge in [-0.25, -0.2) is 4.98 Å². The number of benzene rings is 1. The standard InChI is InChI=1S/C10H4BrClN2/c11-9-5-14-10(4-13)7-2-1-6(12)3-8(7)9/h1-3,5H. The summed E-state index contributed by atoms with van der Waals surface area (Å²) in [6.45, 7) is 0. The van der Waals surface area contributed by atoms with Gasteiger partial charge in [0.2, 0.25) is 0 Å². The smallest absolute Gasteiger partial charge is 0.148 e. The van der Waals surface area contributed by atoms with Crippen molar-refractivity contribution in [3.8, 4) is 6.07 Å². The first kappa shape index (κ1) is 9.45. The van der Waals surface area contributed by atoms with Crippen LogP contribution in [0, 0.1) is 11.3 Å². The van der Waals surface area contributed by atoms with Crippen LogP contribution in [-0.4, -0.2) is 4.98 Å². The van der Waals surface area contributed by atoms with Crippen LogP contribution in [0.25, 0.3) is 10.8 Å². The SMILES string of the molecule is N#Cc1ncc(Br)c2cc(Cl)ccc12. The number of halogens is 2. The molecule has 0 bridgehead atoms. The Balaban J connectivity index is 2.93. The molecule has 0 spiro atoms. The lowest BCUT2D eigenvalue weighted by atomic mass is 10.1. The van der Waals surface area contributed by atoms with E-state index in [0.29, 0.717) is 10.7 Å². The van der Waals surface area contributed by atoms with Crippen molar-refractivity contribution in [2.45, 2.75) is 0 Å². The topological polar surface area (TPSA) is 36.7 Å². The second-order valence-electron chi connectivity index (χ2n) is 2.76. The Kier molecular flexibility index (Phi) is 2.40. The molecule has 2 aromatic rings. The third-order valence-electron chi connectivity index (χ3n) is 1.91. The first-order valence-electron chi connectivity index (χ1n) is 3.86. The van der Waals surface area contributed by atoms with Gasteiger partial charge in [-0.1, -0.05) is 11.6 Å². The van der Waals surface area contributed by atoms with Crippen LogP contribution in [-0.2, 0) is 0 Å². The molecule has 2 rings (SSSR count). The molecule has 0 amide bonds. The summed E-state index contributed by atoms with van der Waals surface area (Å²) in [6, 6.07) is 7.40. The Bertz CT molecular complexity index is 546. The van der Waals surface area contributed by atoms with Crippen molar-refractivity contribution in [3.63, 3.8) is 0 Å². The Morgan fingerprint density at radius 3 is 2.86 bits per heavy atom. The fourth-order valence-corrected chi connectivity index (χ4v) is 1.87. The zero-order valence-electron chi connectivity index (χ0n) is 6.96. The first-order chi connectivity index (χ1) is 6.72. The summed E-state index contributed by atoms with van der Waals surface area (Å²) in [6.07, 6.45) is 1.61. The monoisotopic (exact) mass is 266 g/mol. The molecule has 0 atom stereocenters. The van der Waals surface area contributed by atoms with Crippen LogP contribution in [0.3, 0.4) is 0 Å². The van der Waals surface area contributed by atoms with Gasteiger partial charge in [0.25, 0.3) is 0 Å². The average molecular weight is 268 g/mol. The molecule has 0 aliphatic rings. The van der Waals surface area contributed by atoms with Crippen molar-refractivity contribution >= 4 is 38.3 Å². The van der Waals surface area contributed by atoms with Gasteiger partial charge in [0.05, 0.1) is 0 Å². The van der Waals surface area contributed by atoms with Crippen molar-refractivity contribution < 1.29 is 0 Å². The lowest BCUT2D eigenvalue weighted by molar-refractivity contribution is 1.28. The molecular formula is C10H4BrClN2. The van der Waals surface area contributed by atoms with Crippen molar-refractivity contribution in [1.29, 1.82) is 5.26 Å². The minimum Gasteiger partial charge on any atom is -0.244 e. The maximum Gasteiger partial charge on any atom is 0.148 e. The Morgan fingerprint density at radius 1 is 1.36 bits per heavy atom. The summed E-state index contributed by atoms with van der Waals surface area (Å²) in [7, 11) is 0. The van der Waals surface area contributed by atoms with E-state index in [9.17, 15) is 0 Å². The summed E-state index contributed by atoms with van der Waals surface area (Å²) in [5.41, 5.74) is 0.417. The Morgan fingerprint density at radius 2 is 2.14 bits per heavy atom. The summed E-state index contributed by atoms with van der Waals surface area (Å²) in [4.78, 5) is 4.00. The van der Waals surface area contributed by atoms with Crippen molar-refractivity contribution in [1.82, 2.24) is 4.98 Å². The molecule has 0 aliphatic carbocycles. The number of nitrogens with zero attached hydrogens (tertiary/aromatic N) is 2. The minimum absolute atomic E-state index is 0.417. The van der Waals surface area contributed by atoms with Gasteiger partial charge >= 0.3 is 0 Å². The molecule has 4 heteroatoms. The highest BCUT2D eigenvalue weighted by Crippen LogP contribution is 2.27. The van der Waals surface area contributed by atoms with E-state index in [2.05, 4.69) is 20.9 Å². The van der Waals surface area contributed by atoms with Crippen molar-refractivity contribution in [3.05, 3.63) is 39.6 Å². The number of pyridine rings is 1. The third kappa shape index (κ3) is 1.47. The number of hydrogen-bond donors (Lipinski definition) is 0. The zero-order chi connectivity index (χ0) is 10.1. The predicted octanol–water partition coefficient (Wildman–Crippen LogP) is 3.52. The molecule has 0 radical (unpaired) electrons. The molecular weight excluding hydrogens is 263 g/mol. The van der Waals surface area contributed by atoms with E-state index in [1.807, 2.05) is 12.1 Å². The van der Waals surface area contributed by atoms with Crippen LogP contribution in [0.4, 0.5) is 0 Å². The summed E-state index contributed by atoms with van der Waals surface area (Å²) >= 11 is 9.23. The van der Waals surface area contributed by atoms with E-state index < -0.39 is 0 Å². The molecule has 14 heavy (non-hydrogen) atoms. The summed E-state index contributed by atoms with van der Waals surface area (Å²) in [5.74, 6) is 0. The normalized spacial score (nSPS) is 10.1. The molecule has 1 aromatic carbocycles. The molecule has 68 valence electrons. The highest BCUT2D eigenvalue weighted by atomic mass is 79.9. The fourth-order valence-electron chi connectivity index (χ4n) is 1.27. The lowest BCUT2D eigenvalue weighted by Gasteiger charge is -2.01. The molecule has 0 saturated heterocycles. The molecule has 2 nitrogen and oxygen atoms in total. The van der Waals surface area contributed by atoms with Gasteiger partial charge in [0, 0.05) is 26.5 Å². The van der Waals surface area contributed by atoms with Gasteiger partial charge in [-0.3, -0.25) is 0 Å². The van der Waals surface area contributed by atoms with Crippen molar-refractivity contribution in [2.24, 2.45) is 0 Å². The third-order valence-corrected chi connectivity index (χ3v) is 2.77. The number of hydrogen-bond acceptors (Lipinski definition) is 2. The first-order valence-corrected chi connectivity index (χ1v) is 5.03. The van der Waals surface area contributed by atoms with Gasteiger partial charge in [-0.05, 0) is 34.1 Å². The maximum absolute atomic E-state index is 8.84. The number of rotatable bonds is 0. The molecule has 0 fully saturated rings.